The van der Waals surface area contributed by atoms with Crippen molar-refractivity contribution in [1.82, 2.24) is 0 Å². The molecule has 1 aliphatic heterocycles. The fourth-order valence-corrected chi connectivity index (χ4v) is 2.14. The van der Waals surface area contributed by atoms with Gasteiger partial charge >= 0.3 is 5.97 Å². The van der Waals surface area contributed by atoms with Crippen molar-refractivity contribution in [2.24, 2.45) is 0 Å². The third-order valence-electron chi connectivity index (χ3n) is 3.06. The van der Waals surface area contributed by atoms with Crippen molar-refractivity contribution in [3.8, 4) is 0 Å². The normalized spacial score (nSPS) is 33.4. The molecule has 0 bridgehead atoms. The Morgan fingerprint density at radius 3 is 2.50 bits per heavy atom. The van der Waals surface area contributed by atoms with Crippen LogP contribution in [-0.2, 0) is 23.7 Å². The first-order valence-electron chi connectivity index (χ1n) is 7.14. The molecule has 0 spiro atoms. The molecule has 118 valence electrons. The zero-order valence-electron chi connectivity index (χ0n) is 12.7. The molecule has 0 aromatic rings. The van der Waals surface area contributed by atoms with Crippen molar-refractivity contribution >= 4 is 5.97 Å². The minimum absolute atomic E-state index is 0.222. The first kappa shape index (κ1) is 17.3. The Morgan fingerprint density at radius 2 is 1.95 bits per heavy atom. The summed E-state index contributed by atoms with van der Waals surface area (Å²) in [5, 5.41) is 0. The molecule has 0 radical (unpaired) electrons. The molecule has 5 nitrogen and oxygen atoms in total. The van der Waals surface area contributed by atoms with Gasteiger partial charge in [0.05, 0.1) is 6.61 Å². The summed E-state index contributed by atoms with van der Waals surface area (Å²) in [7, 11) is 0. The molecule has 1 heterocycles. The Bertz CT molecular complexity index is 308. The first-order chi connectivity index (χ1) is 9.43. The average Bonchev–Trinajstić information content (AvgIpc) is 2.58. The van der Waals surface area contributed by atoms with Crippen LogP contribution in [0.5, 0.6) is 0 Å². The van der Waals surface area contributed by atoms with E-state index < -0.39 is 30.1 Å². The van der Waals surface area contributed by atoms with Crippen LogP contribution < -0.4 is 0 Å². The van der Waals surface area contributed by atoms with Gasteiger partial charge in [0, 0.05) is 20.1 Å². The quantitative estimate of drug-likeness (QED) is 0.507. The van der Waals surface area contributed by atoms with E-state index >= 15 is 0 Å². The minimum atomic E-state index is -1.89. The number of carbonyl (C=O) groups excluding carboxylic acids is 1. The standard InChI is InChI=1S/C14H25FO5/c1-5-7-17-9-11-12(18-8-6-2)14(4,15)13(20-11)19-10(3)16/h11-13H,5-9H2,1-4H3/t11-,12?,13-,14-/m1/s1. The summed E-state index contributed by atoms with van der Waals surface area (Å²) in [5.74, 6) is -0.580. The highest BCUT2D eigenvalue weighted by Gasteiger charge is 2.57. The molecule has 0 N–H and O–H groups in total. The predicted octanol–water partition coefficient (Wildman–Crippen LogP) is 2.22. The third kappa shape index (κ3) is 4.40. The highest BCUT2D eigenvalue weighted by atomic mass is 19.1. The number of halogens is 1. The van der Waals surface area contributed by atoms with Gasteiger partial charge in [0.2, 0.25) is 6.29 Å². The van der Waals surface area contributed by atoms with Crippen LogP contribution in [-0.4, -0.2) is 50.0 Å². The highest BCUT2D eigenvalue weighted by molar-refractivity contribution is 5.66. The molecule has 1 rings (SSSR count). The number of esters is 1. The molecule has 6 heteroatoms. The molecule has 1 fully saturated rings. The zero-order chi connectivity index (χ0) is 15.2. The van der Waals surface area contributed by atoms with Crippen LogP contribution in [0.2, 0.25) is 0 Å². The second-order valence-corrected chi connectivity index (χ2v) is 5.13. The van der Waals surface area contributed by atoms with Gasteiger partial charge in [-0.15, -0.1) is 0 Å². The third-order valence-corrected chi connectivity index (χ3v) is 3.06. The number of rotatable bonds is 8. The van der Waals surface area contributed by atoms with Crippen molar-refractivity contribution in [2.45, 2.75) is 64.7 Å². The van der Waals surface area contributed by atoms with Crippen LogP contribution in [0.3, 0.4) is 0 Å². The number of hydrogen-bond acceptors (Lipinski definition) is 5. The second-order valence-electron chi connectivity index (χ2n) is 5.13. The van der Waals surface area contributed by atoms with Crippen LogP contribution in [0.4, 0.5) is 4.39 Å². The molecule has 0 aliphatic carbocycles. The molecule has 0 aromatic carbocycles. The minimum Gasteiger partial charge on any atom is -0.432 e. The molecular formula is C14H25FO5. The number of alkyl halides is 1. The molecule has 4 atom stereocenters. The monoisotopic (exact) mass is 292 g/mol. The fourth-order valence-electron chi connectivity index (χ4n) is 2.14. The lowest BCUT2D eigenvalue weighted by Crippen LogP contribution is -2.45. The maximum Gasteiger partial charge on any atom is 0.305 e. The Hall–Kier alpha value is -0.720. The van der Waals surface area contributed by atoms with E-state index in [1.807, 2.05) is 13.8 Å². The van der Waals surface area contributed by atoms with Crippen molar-refractivity contribution in [1.29, 1.82) is 0 Å². The van der Waals surface area contributed by atoms with Crippen LogP contribution in [0.15, 0.2) is 0 Å². The SMILES string of the molecule is CCCOC[C@H]1O[C@@H](OC(C)=O)[C@](C)(F)C1OCCC. The summed E-state index contributed by atoms with van der Waals surface area (Å²) in [6, 6.07) is 0. The Kier molecular flexibility index (Phi) is 6.85. The molecule has 0 amide bonds. The second kappa shape index (κ2) is 7.90. The van der Waals surface area contributed by atoms with Crippen molar-refractivity contribution in [2.75, 3.05) is 19.8 Å². The van der Waals surface area contributed by atoms with E-state index in [1.54, 1.807) is 0 Å². The maximum absolute atomic E-state index is 14.8. The van der Waals surface area contributed by atoms with E-state index in [9.17, 15) is 9.18 Å². The van der Waals surface area contributed by atoms with E-state index in [0.29, 0.717) is 13.2 Å². The summed E-state index contributed by atoms with van der Waals surface area (Å²) >= 11 is 0. The van der Waals surface area contributed by atoms with Gasteiger partial charge in [0.15, 0.2) is 5.67 Å². The van der Waals surface area contributed by atoms with Gasteiger partial charge in [-0.05, 0) is 19.8 Å². The van der Waals surface area contributed by atoms with Gasteiger partial charge < -0.3 is 18.9 Å². The summed E-state index contributed by atoms with van der Waals surface area (Å²) in [5.41, 5.74) is -1.89. The smallest absolute Gasteiger partial charge is 0.305 e. The topological polar surface area (TPSA) is 54.0 Å². The molecule has 1 saturated heterocycles. The van der Waals surface area contributed by atoms with Crippen molar-refractivity contribution < 1.29 is 28.1 Å². The summed E-state index contributed by atoms with van der Waals surface area (Å²) in [6.45, 7) is 7.70. The van der Waals surface area contributed by atoms with Crippen LogP contribution in [0.1, 0.15) is 40.5 Å². The van der Waals surface area contributed by atoms with Gasteiger partial charge in [0.1, 0.15) is 12.2 Å². The van der Waals surface area contributed by atoms with E-state index in [4.69, 9.17) is 18.9 Å². The lowest BCUT2D eigenvalue weighted by atomic mass is 9.99. The predicted molar refractivity (Wildman–Crippen MR) is 71.1 cm³/mol. The van der Waals surface area contributed by atoms with E-state index in [2.05, 4.69) is 0 Å². The lowest BCUT2D eigenvalue weighted by Gasteiger charge is -2.26. The van der Waals surface area contributed by atoms with Crippen molar-refractivity contribution in [3.63, 3.8) is 0 Å². The van der Waals surface area contributed by atoms with Crippen molar-refractivity contribution in [3.05, 3.63) is 0 Å². The fraction of sp³-hybridized carbons (Fsp3) is 0.929. The maximum atomic E-state index is 14.8. The van der Waals surface area contributed by atoms with Crippen LogP contribution in [0.25, 0.3) is 0 Å². The summed E-state index contributed by atoms with van der Waals surface area (Å²) in [6.07, 6.45) is -0.992. The molecule has 0 aromatic heterocycles. The molecular weight excluding hydrogens is 267 g/mol. The van der Waals surface area contributed by atoms with Gasteiger partial charge in [-0.3, -0.25) is 4.79 Å². The van der Waals surface area contributed by atoms with Gasteiger partial charge in [-0.2, -0.15) is 0 Å². The van der Waals surface area contributed by atoms with E-state index in [1.165, 1.54) is 13.8 Å². The molecule has 1 unspecified atom stereocenters. The Balaban J connectivity index is 2.72. The zero-order valence-corrected chi connectivity index (χ0v) is 12.7. The largest absolute Gasteiger partial charge is 0.432 e. The van der Waals surface area contributed by atoms with Crippen LogP contribution >= 0.6 is 0 Å². The van der Waals surface area contributed by atoms with E-state index in [0.717, 1.165) is 12.8 Å². The van der Waals surface area contributed by atoms with E-state index in [-0.39, 0.29) is 6.61 Å². The van der Waals surface area contributed by atoms with Crippen LogP contribution in [0, 0.1) is 0 Å². The number of carbonyl (C=O) groups is 1. The number of ether oxygens (including phenoxy) is 4. The molecule has 0 saturated carbocycles. The number of hydrogen-bond donors (Lipinski definition) is 0. The highest BCUT2D eigenvalue weighted by Crippen LogP contribution is 2.37. The van der Waals surface area contributed by atoms with Gasteiger partial charge in [-0.1, -0.05) is 13.8 Å². The Morgan fingerprint density at radius 1 is 1.30 bits per heavy atom. The lowest BCUT2D eigenvalue weighted by molar-refractivity contribution is -0.194. The average molecular weight is 292 g/mol. The summed E-state index contributed by atoms with van der Waals surface area (Å²) < 4.78 is 36.1. The summed E-state index contributed by atoms with van der Waals surface area (Å²) in [4.78, 5) is 11.0. The van der Waals surface area contributed by atoms with Gasteiger partial charge in [-0.25, -0.2) is 4.39 Å². The Labute approximate surface area is 119 Å². The van der Waals surface area contributed by atoms with Gasteiger partial charge in [0.25, 0.3) is 0 Å². The molecule has 1 aliphatic rings. The molecule has 20 heavy (non-hydrogen) atoms. The first-order valence-corrected chi connectivity index (χ1v) is 7.14.